The van der Waals surface area contributed by atoms with Gasteiger partial charge in [0.05, 0.1) is 12.1 Å². The van der Waals surface area contributed by atoms with Crippen LogP contribution in [-0.4, -0.2) is 36.9 Å². The Bertz CT molecular complexity index is 478. The molecule has 4 nitrogen and oxygen atoms in total. The molecule has 0 unspecified atom stereocenters. The highest BCUT2D eigenvalue weighted by Crippen LogP contribution is 2.23. The second-order valence-corrected chi connectivity index (χ2v) is 5.79. The molecule has 1 aromatic rings. The van der Waals surface area contributed by atoms with Crippen LogP contribution in [0.15, 0.2) is 27.1 Å². The zero-order valence-corrected chi connectivity index (χ0v) is 14.0. The SMILES string of the molecule is CCCN(CC(=O)NC)C(=O)c1cc(Br)ccc1Br. The number of hydrogen-bond donors (Lipinski definition) is 1. The molecule has 0 aliphatic heterocycles. The van der Waals surface area contributed by atoms with E-state index in [1.807, 2.05) is 13.0 Å². The van der Waals surface area contributed by atoms with Gasteiger partial charge in [0.25, 0.3) is 5.91 Å². The first-order valence-corrected chi connectivity index (χ1v) is 7.53. The number of benzene rings is 1. The zero-order valence-electron chi connectivity index (χ0n) is 10.9. The maximum Gasteiger partial charge on any atom is 0.255 e. The van der Waals surface area contributed by atoms with Crippen LogP contribution in [0.3, 0.4) is 0 Å². The third-order valence-corrected chi connectivity index (χ3v) is 3.74. The van der Waals surface area contributed by atoms with Crippen molar-refractivity contribution in [2.24, 2.45) is 0 Å². The van der Waals surface area contributed by atoms with Crippen LogP contribution in [0, 0.1) is 0 Å². The van der Waals surface area contributed by atoms with E-state index >= 15 is 0 Å². The maximum atomic E-state index is 12.5. The van der Waals surface area contributed by atoms with Gasteiger partial charge in [-0.25, -0.2) is 0 Å². The van der Waals surface area contributed by atoms with E-state index in [0.29, 0.717) is 12.1 Å². The fourth-order valence-corrected chi connectivity index (χ4v) is 2.38. The molecule has 0 radical (unpaired) electrons. The highest BCUT2D eigenvalue weighted by atomic mass is 79.9. The molecule has 1 N–H and O–H groups in total. The third kappa shape index (κ3) is 4.62. The summed E-state index contributed by atoms with van der Waals surface area (Å²) in [7, 11) is 1.56. The number of halogens is 2. The molecular formula is C13H16Br2N2O2. The van der Waals surface area contributed by atoms with Gasteiger partial charge in [-0.3, -0.25) is 9.59 Å². The molecule has 0 saturated carbocycles. The number of carbonyl (C=O) groups is 2. The van der Waals surface area contributed by atoms with Crippen LogP contribution >= 0.6 is 31.9 Å². The summed E-state index contributed by atoms with van der Waals surface area (Å²) < 4.78 is 1.55. The van der Waals surface area contributed by atoms with Crippen molar-refractivity contribution < 1.29 is 9.59 Å². The average molecular weight is 392 g/mol. The molecule has 0 bridgehead atoms. The van der Waals surface area contributed by atoms with Crippen molar-refractivity contribution in [3.63, 3.8) is 0 Å². The Kier molecular flexibility index (Phi) is 6.51. The van der Waals surface area contributed by atoms with Crippen LogP contribution in [0.25, 0.3) is 0 Å². The Labute approximate surface area is 129 Å². The molecule has 1 rings (SSSR count). The number of hydrogen-bond acceptors (Lipinski definition) is 2. The van der Waals surface area contributed by atoms with Gasteiger partial charge in [-0.05, 0) is 40.5 Å². The second-order valence-electron chi connectivity index (χ2n) is 4.02. The number of carbonyl (C=O) groups excluding carboxylic acids is 2. The molecule has 19 heavy (non-hydrogen) atoms. The first-order valence-electron chi connectivity index (χ1n) is 5.94. The summed E-state index contributed by atoms with van der Waals surface area (Å²) in [4.78, 5) is 25.5. The van der Waals surface area contributed by atoms with Gasteiger partial charge < -0.3 is 10.2 Å². The Hall–Kier alpha value is -0.880. The van der Waals surface area contributed by atoms with Crippen LogP contribution in [0.1, 0.15) is 23.7 Å². The van der Waals surface area contributed by atoms with Crippen molar-refractivity contribution in [1.82, 2.24) is 10.2 Å². The largest absolute Gasteiger partial charge is 0.358 e. The van der Waals surface area contributed by atoms with Gasteiger partial charge in [-0.2, -0.15) is 0 Å². The van der Waals surface area contributed by atoms with Crippen LogP contribution in [0.5, 0.6) is 0 Å². The zero-order chi connectivity index (χ0) is 14.4. The summed E-state index contributed by atoms with van der Waals surface area (Å²) in [5.41, 5.74) is 0.548. The minimum absolute atomic E-state index is 0.0716. The van der Waals surface area contributed by atoms with E-state index < -0.39 is 0 Å². The van der Waals surface area contributed by atoms with Gasteiger partial charge in [0.2, 0.25) is 5.91 Å². The van der Waals surface area contributed by atoms with E-state index in [-0.39, 0.29) is 18.4 Å². The molecule has 0 saturated heterocycles. The van der Waals surface area contributed by atoms with Gasteiger partial charge in [-0.1, -0.05) is 22.9 Å². The molecule has 6 heteroatoms. The van der Waals surface area contributed by atoms with E-state index in [1.54, 1.807) is 24.1 Å². The molecular weight excluding hydrogens is 376 g/mol. The predicted molar refractivity (Wildman–Crippen MR) is 82.1 cm³/mol. The van der Waals surface area contributed by atoms with Gasteiger partial charge in [-0.15, -0.1) is 0 Å². The molecule has 0 aromatic heterocycles. The summed E-state index contributed by atoms with van der Waals surface area (Å²) >= 11 is 6.71. The summed E-state index contributed by atoms with van der Waals surface area (Å²) in [6.45, 7) is 2.59. The number of nitrogens with one attached hydrogen (secondary N) is 1. The minimum atomic E-state index is -0.173. The van der Waals surface area contributed by atoms with E-state index in [2.05, 4.69) is 37.2 Å². The molecule has 0 spiro atoms. The molecule has 0 atom stereocenters. The number of nitrogens with zero attached hydrogens (tertiary/aromatic N) is 1. The van der Waals surface area contributed by atoms with Gasteiger partial charge in [0.15, 0.2) is 0 Å². The summed E-state index contributed by atoms with van der Waals surface area (Å²) in [5, 5.41) is 2.53. The highest BCUT2D eigenvalue weighted by molar-refractivity contribution is 9.11. The molecule has 0 fully saturated rings. The van der Waals surface area contributed by atoms with Gasteiger partial charge in [0.1, 0.15) is 0 Å². The van der Waals surface area contributed by atoms with Crippen LogP contribution in [0.4, 0.5) is 0 Å². The topological polar surface area (TPSA) is 49.4 Å². The van der Waals surface area contributed by atoms with Crippen LogP contribution < -0.4 is 5.32 Å². The quantitative estimate of drug-likeness (QED) is 0.838. The van der Waals surface area contributed by atoms with Crippen LogP contribution in [-0.2, 0) is 4.79 Å². The predicted octanol–water partition coefficient (Wildman–Crippen LogP) is 2.81. The fraction of sp³-hybridized carbons (Fsp3) is 0.385. The van der Waals surface area contributed by atoms with Crippen molar-refractivity contribution in [2.75, 3.05) is 20.1 Å². The first-order chi connectivity index (χ1) is 8.99. The number of amides is 2. The van der Waals surface area contributed by atoms with E-state index in [9.17, 15) is 9.59 Å². The van der Waals surface area contributed by atoms with E-state index in [0.717, 1.165) is 15.4 Å². The molecule has 0 heterocycles. The number of rotatable bonds is 5. The monoisotopic (exact) mass is 390 g/mol. The van der Waals surface area contributed by atoms with Gasteiger partial charge in [0, 0.05) is 22.5 Å². The van der Waals surface area contributed by atoms with Crippen molar-refractivity contribution >= 4 is 43.7 Å². The lowest BCUT2D eigenvalue weighted by Crippen LogP contribution is -2.40. The average Bonchev–Trinajstić information content (AvgIpc) is 2.40. The van der Waals surface area contributed by atoms with E-state index in [1.165, 1.54) is 0 Å². The standard InChI is InChI=1S/C13H16Br2N2O2/c1-3-6-17(8-12(18)16-2)13(19)10-7-9(14)4-5-11(10)15/h4-5,7H,3,6,8H2,1-2H3,(H,16,18). The van der Waals surface area contributed by atoms with Crippen molar-refractivity contribution in [1.29, 1.82) is 0 Å². The Morgan fingerprint density at radius 1 is 1.32 bits per heavy atom. The molecule has 104 valence electrons. The lowest BCUT2D eigenvalue weighted by Gasteiger charge is -2.22. The van der Waals surface area contributed by atoms with Crippen molar-refractivity contribution in [2.45, 2.75) is 13.3 Å². The first kappa shape index (κ1) is 16.2. The smallest absolute Gasteiger partial charge is 0.255 e. The molecule has 0 aliphatic carbocycles. The summed E-state index contributed by atoms with van der Waals surface area (Å²) in [6, 6.07) is 5.41. The van der Waals surface area contributed by atoms with Crippen molar-refractivity contribution in [3.8, 4) is 0 Å². The maximum absolute atomic E-state index is 12.5. The van der Waals surface area contributed by atoms with Crippen molar-refractivity contribution in [3.05, 3.63) is 32.7 Å². The Morgan fingerprint density at radius 2 is 2.00 bits per heavy atom. The Morgan fingerprint density at radius 3 is 2.58 bits per heavy atom. The Balaban J connectivity index is 2.98. The number of likely N-dealkylation sites (N-methyl/N-ethyl adjacent to an activating group) is 1. The molecule has 2 amide bonds. The molecule has 1 aromatic carbocycles. The minimum Gasteiger partial charge on any atom is -0.358 e. The third-order valence-electron chi connectivity index (χ3n) is 2.55. The lowest BCUT2D eigenvalue weighted by molar-refractivity contribution is -0.121. The normalized spacial score (nSPS) is 10.1. The van der Waals surface area contributed by atoms with Crippen LogP contribution in [0.2, 0.25) is 0 Å². The summed E-state index contributed by atoms with van der Waals surface area (Å²) in [6.07, 6.45) is 0.800. The van der Waals surface area contributed by atoms with E-state index in [4.69, 9.17) is 0 Å². The lowest BCUT2D eigenvalue weighted by atomic mass is 10.2. The summed E-state index contributed by atoms with van der Waals surface area (Å²) in [5.74, 6) is -0.327. The highest BCUT2D eigenvalue weighted by Gasteiger charge is 2.19. The molecule has 0 aliphatic rings. The van der Waals surface area contributed by atoms with Gasteiger partial charge >= 0.3 is 0 Å². The second kappa shape index (κ2) is 7.65. The fourth-order valence-electron chi connectivity index (χ4n) is 1.61.